The lowest BCUT2D eigenvalue weighted by atomic mass is 10.1. The lowest BCUT2D eigenvalue weighted by Crippen LogP contribution is -2.30. The summed E-state index contributed by atoms with van der Waals surface area (Å²) >= 11 is 1.51. The van der Waals surface area contributed by atoms with Crippen molar-refractivity contribution in [3.8, 4) is 11.3 Å². The van der Waals surface area contributed by atoms with Crippen molar-refractivity contribution in [2.45, 2.75) is 6.92 Å². The van der Waals surface area contributed by atoms with E-state index in [0.29, 0.717) is 12.3 Å². The second-order valence-electron chi connectivity index (χ2n) is 5.82. The number of fused-ring (bicyclic) bond motifs is 1. The summed E-state index contributed by atoms with van der Waals surface area (Å²) in [4.78, 5) is 19.8. The SMILES string of the molecule is CCN1C(=O)C(=Nn2c(-c3ccccc3)csc2=NC)c2ccccc21. The molecular formula is C20H18N4OS. The van der Waals surface area contributed by atoms with E-state index in [9.17, 15) is 4.79 Å². The molecule has 4 rings (SSSR count). The Bertz CT molecular complexity index is 1060. The molecule has 0 radical (unpaired) electrons. The Hall–Kier alpha value is -2.99. The highest BCUT2D eigenvalue weighted by molar-refractivity contribution is 7.07. The van der Waals surface area contributed by atoms with E-state index < -0.39 is 0 Å². The van der Waals surface area contributed by atoms with Crippen molar-refractivity contribution in [3.05, 3.63) is 70.3 Å². The van der Waals surface area contributed by atoms with Crippen LogP contribution in [-0.4, -0.2) is 29.9 Å². The summed E-state index contributed by atoms with van der Waals surface area (Å²) in [6.07, 6.45) is 0. The van der Waals surface area contributed by atoms with Crippen LogP contribution in [0.2, 0.25) is 0 Å². The van der Waals surface area contributed by atoms with Gasteiger partial charge in [-0.05, 0) is 13.0 Å². The van der Waals surface area contributed by atoms with Crippen molar-refractivity contribution >= 4 is 28.6 Å². The fourth-order valence-corrected chi connectivity index (χ4v) is 3.92. The number of aromatic nitrogens is 1. The van der Waals surface area contributed by atoms with Crippen LogP contribution in [-0.2, 0) is 4.79 Å². The summed E-state index contributed by atoms with van der Waals surface area (Å²) in [7, 11) is 1.74. The molecule has 130 valence electrons. The van der Waals surface area contributed by atoms with E-state index in [0.717, 1.165) is 27.3 Å². The number of rotatable bonds is 3. The fraction of sp³-hybridized carbons (Fsp3) is 0.150. The Morgan fingerprint density at radius 2 is 1.77 bits per heavy atom. The van der Waals surface area contributed by atoms with Gasteiger partial charge in [0, 0.05) is 30.1 Å². The van der Waals surface area contributed by atoms with Crippen LogP contribution in [0.25, 0.3) is 11.3 Å². The van der Waals surface area contributed by atoms with Crippen molar-refractivity contribution < 1.29 is 4.79 Å². The van der Waals surface area contributed by atoms with Gasteiger partial charge in [0.15, 0.2) is 5.71 Å². The van der Waals surface area contributed by atoms with Crippen LogP contribution < -0.4 is 9.70 Å². The van der Waals surface area contributed by atoms with Gasteiger partial charge < -0.3 is 4.90 Å². The maximum absolute atomic E-state index is 12.9. The van der Waals surface area contributed by atoms with Gasteiger partial charge in [0.2, 0.25) is 4.80 Å². The molecule has 0 N–H and O–H groups in total. The standard InChI is InChI=1S/C20H18N4OS/c1-3-23-16-12-8-7-11-15(16)18(19(23)25)22-24-17(13-26-20(24)21-2)14-9-5-4-6-10-14/h4-13H,3H2,1-2H3. The topological polar surface area (TPSA) is 50.0 Å². The first-order valence-corrected chi connectivity index (χ1v) is 9.31. The summed E-state index contributed by atoms with van der Waals surface area (Å²) in [5, 5.41) is 6.76. The maximum atomic E-state index is 12.9. The number of hydrogen-bond acceptors (Lipinski definition) is 4. The summed E-state index contributed by atoms with van der Waals surface area (Å²) in [6, 6.07) is 17.8. The monoisotopic (exact) mass is 362 g/mol. The molecular weight excluding hydrogens is 344 g/mol. The highest BCUT2D eigenvalue weighted by Crippen LogP contribution is 2.29. The van der Waals surface area contributed by atoms with E-state index in [1.807, 2.05) is 66.9 Å². The second kappa shape index (κ2) is 6.72. The molecule has 26 heavy (non-hydrogen) atoms. The molecule has 0 aliphatic carbocycles. The highest BCUT2D eigenvalue weighted by Gasteiger charge is 2.33. The minimum Gasteiger partial charge on any atom is -0.307 e. The minimum atomic E-state index is -0.0755. The quantitative estimate of drug-likeness (QED) is 0.705. The molecule has 0 bridgehead atoms. The molecule has 2 aromatic carbocycles. The molecule has 0 saturated heterocycles. The molecule has 5 nitrogen and oxygen atoms in total. The maximum Gasteiger partial charge on any atom is 0.279 e. The third-order valence-electron chi connectivity index (χ3n) is 4.36. The predicted molar refractivity (Wildman–Crippen MR) is 106 cm³/mol. The zero-order chi connectivity index (χ0) is 18.1. The van der Waals surface area contributed by atoms with E-state index in [2.05, 4.69) is 4.99 Å². The Kier molecular flexibility index (Phi) is 4.26. The van der Waals surface area contributed by atoms with E-state index in [4.69, 9.17) is 5.10 Å². The van der Waals surface area contributed by atoms with E-state index >= 15 is 0 Å². The third-order valence-corrected chi connectivity index (χ3v) is 5.27. The number of amides is 1. The lowest BCUT2D eigenvalue weighted by Gasteiger charge is -2.13. The van der Waals surface area contributed by atoms with E-state index in [1.165, 1.54) is 11.3 Å². The molecule has 0 saturated carbocycles. The lowest BCUT2D eigenvalue weighted by molar-refractivity contribution is -0.112. The van der Waals surface area contributed by atoms with Gasteiger partial charge in [-0.1, -0.05) is 48.5 Å². The van der Waals surface area contributed by atoms with Gasteiger partial charge in [-0.2, -0.15) is 5.10 Å². The molecule has 0 fully saturated rings. The van der Waals surface area contributed by atoms with Crippen molar-refractivity contribution in [1.82, 2.24) is 4.68 Å². The normalized spacial score (nSPS) is 15.8. The van der Waals surface area contributed by atoms with Gasteiger partial charge in [0.1, 0.15) is 0 Å². The number of hydrogen-bond donors (Lipinski definition) is 0. The fourth-order valence-electron chi connectivity index (χ4n) is 3.13. The molecule has 3 aromatic rings. The van der Waals surface area contributed by atoms with Crippen LogP contribution in [0.4, 0.5) is 5.69 Å². The number of thiazole rings is 1. The average Bonchev–Trinajstić information content (AvgIpc) is 3.21. The first kappa shape index (κ1) is 16.5. The van der Waals surface area contributed by atoms with Crippen LogP contribution in [0.5, 0.6) is 0 Å². The second-order valence-corrected chi connectivity index (χ2v) is 6.66. The Morgan fingerprint density at radius 3 is 2.50 bits per heavy atom. The van der Waals surface area contributed by atoms with E-state index in [1.54, 1.807) is 16.6 Å². The number of carbonyl (C=O) groups is 1. The van der Waals surface area contributed by atoms with Crippen LogP contribution in [0.3, 0.4) is 0 Å². The number of anilines is 1. The molecule has 1 aliphatic heterocycles. The van der Waals surface area contributed by atoms with Crippen LogP contribution in [0.15, 0.2) is 70.1 Å². The van der Waals surface area contributed by atoms with Crippen LogP contribution in [0.1, 0.15) is 12.5 Å². The zero-order valence-electron chi connectivity index (χ0n) is 14.6. The first-order chi connectivity index (χ1) is 12.7. The molecule has 0 unspecified atom stereocenters. The average molecular weight is 362 g/mol. The van der Waals surface area contributed by atoms with Crippen molar-refractivity contribution in [2.24, 2.45) is 10.1 Å². The van der Waals surface area contributed by atoms with Crippen LogP contribution in [0, 0.1) is 0 Å². The Morgan fingerprint density at radius 1 is 1.04 bits per heavy atom. The van der Waals surface area contributed by atoms with Gasteiger partial charge in [-0.15, -0.1) is 11.3 Å². The number of carbonyl (C=O) groups excluding carboxylic acids is 1. The molecule has 1 aliphatic rings. The summed E-state index contributed by atoms with van der Waals surface area (Å²) in [5.41, 5.74) is 4.18. The minimum absolute atomic E-state index is 0.0755. The van der Waals surface area contributed by atoms with Gasteiger partial charge in [-0.3, -0.25) is 9.79 Å². The van der Waals surface area contributed by atoms with E-state index in [-0.39, 0.29) is 5.91 Å². The molecule has 2 heterocycles. The van der Waals surface area contributed by atoms with Crippen molar-refractivity contribution in [3.63, 3.8) is 0 Å². The predicted octanol–water partition coefficient (Wildman–Crippen LogP) is 3.37. The summed E-state index contributed by atoms with van der Waals surface area (Å²) < 4.78 is 1.77. The Balaban J connectivity index is 1.93. The molecule has 1 aromatic heterocycles. The molecule has 0 atom stereocenters. The third kappa shape index (κ3) is 2.59. The smallest absolute Gasteiger partial charge is 0.279 e. The molecule has 0 spiro atoms. The zero-order valence-corrected chi connectivity index (χ0v) is 15.4. The van der Waals surface area contributed by atoms with Gasteiger partial charge in [-0.25, -0.2) is 4.68 Å². The summed E-state index contributed by atoms with van der Waals surface area (Å²) in [6.45, 7) is 2.58. The summed E-state index contributed by atoms with van der Waals surface area (Å²) in [5.74, 6) is -0.0755. The molecule has 1 amide bonds. The number of nitrogens with zero attached hydrogens (tertiary/aromatic N) is 4. The first-order valence-electron chi connectivity index (χ1n) is 8.43. The van der Waals surface area contributed by atoms with Crippen molar-refractivity contribution in [2.75, 3.05) is 18.5 Å². The van der Waals surface area contributed by atoms with Gasteiger partial charge in [0.05, 0.1) is 11.4 Å². The van der Waals surface area contributed by atoms with Gasteiger partial charge >= 0.3 is 0 Å². The van der Waals surface area contributed by atoms with Gasteiger partial charge in [0.25, 0.3) is 5.91 Å². The highest BCUT2D eigenvalue weighted by atomic mass is 32.1. The Labute approximate surface area is 155 Å². The van der Waals surface area contributed by atoms with Crippen molar-refractivity contribution in [1.29, 1.82) is 0 Å². The number of benzene rings is 2. The largest absolute Gasteiger partial charge is 0.307 e. The molecule has 6 heteroatoms. The number of likely N-dealkylation sites (N-methyl/N-ethyl adjacent to an activating group) is 1. The number of para-hydroxylation sites is 1. The van der Waals surface area contributed by atoms with Crippen LogP contribution >= 0.6 is 11.3 Å².